The molecule has 0 aromatic heterocycles. The van der Waals surface area contributed by atoms with Gasteiger partial charge in [-0.2, -0.15) is 0 Å². The van der Waals surface area contributed by atoms with E-state index in [-0.39, 0.29) is 24.4 Å². The largest absolute Gasteiger partial charge is 0.388 e. The smallest absolute Gasteiger partial charge is 0.106 e. The Labute approximate surface area is 65.3 Å². The van der Waals surface area contributed by atoms with Gasteiger partial charge in [-0.3, -0.25) is 0 Å². The molecule has 3 heteroatoms. The van der Waals surface area contributed by atoms with Gasteiger partial charge in [-0.1, -0.05) is 0 Å². The van der Waals surface area contributed by atoms with Crippen LogP contribution in [0.3, 0.4) is 0 Å². The Kier molecular flexibility index (Phi) is 1.15. The Hall–Kier alpha value is -0.120. The average Bonchev–Trinajstić information content (AvgIpc) is 2.33. The summed E-state index contributed by atoms with van der Waals surface area (Å²) < 4.78 is 11.2. The van der Waals surface area contributed by atoms with E-state index in [0.29, 0.717) is 6.10 Å². The van der Waals surface area contributed by atoms with Gasteiger partial charge in [0.1, 0.15) is 6.10 Å². The Morgan fingerprint density at radius 2 is 1.64 bits per heavy atom. The number of hydrogen-bond donors (Lipinski definition) is 1. The first-order valence-corrected chi connectivity index (χ1v) is 4.33. The SMILES string of the molecule is OC1C2CCC3OC1CC3O2. The summed E-state index contributed by atoms with van der Waals surface area (Å²) in [6.07, 6.45) is 3.31. The van der Waals surface area contributed by atoms with Crippen molar-refractivity contribution in [2.24, 2.45) is 0 Å². The first kappa shape index (κ1) is 6.40. The fraction of sp³-hybridized carbons (Fsp3) is 1.00. The van der Waals surface area contributed by atoms with E-state index in [0.717, 1.165) is 19.3 Å². The molecule has 3 saturated heterocycles. The van der Waals surface area contributed by atoms with E-state index >= 15 is 0 Å². The normalized spacial score (nSPS) is 60.3. The van der Waals surface area contributed by atoms with Crippen molar-refractivity contribution in [3.05, 3.63) is 0 Å². The summed E-state index contributed by atoms with van der Waals surface area (Å²) in [5, 5.41) is 9.63. The van der Waals surface area contributed by atoms with Crippen molar-refractivity contribution < 1.29 is 14.6 Å². The van der Waals surface area contributed by atoms with E-state index < -0.39 is 0 Å². The lowest BCUT2D eigenvalue weighted by atomic mass is 9.90. The molecule has 3 nitrogen and oxygen atoms in total. The molecule has 5 atom stereocenters. The lowest BCUT2D eigenvalue weighted by Gasteiger charge is -2.35. The van der Waals surface area contributed by atoms with E-state index in [4.69, 9.17) is 9.47 Å². The van der Waals surface area contributed by atoms with Gasteiger partial charge in [0.05, 0.1) is 24.4 Å². The molecule has 0 spiro atoms. The van der Waals surface area contributed by atoms with E-state index in [1.54, 1.807) is 0 Å². The molecule has 0 radical (unpaired) electrons. The van der Waals surface area contributed by atoms with Crippen LogP contribution in [0.2, 0.25) is 0 Å². The Morgan fingerprint density at radius 1 is 0.909 bits per heavy atom. The van der Waals surface area contributed by atoms with Crippen molar-refractivity contribution >= 4 is 0 Å². The number of ether oxygens (including phenoxy) is 2. The summed E-state index contributed by atoms with van der Waals surface area (Å²) in [7, 11) is 0. The highest BCUT2D eigenvalue weighted by atomic mass is 16.6. The van der Waals surface area contributed by atoms with Crippen LogP contribution < -0.4 is 0 Å². The monoisotopic (exact) mass is 156 g/mol. The molecule has 3 heterocycles. The van der Waals surface area contributed by atoms with Crippen LogP contribution in [0.5, 0.6) is 0 Å². The van der Waals surface area contributed by atoms with Gasteiger partial charge in [0.15, 0.2) is 0 Å². The second-order valence-corrected chi connectivity index (χ2v) is 3.73. The molecule has 3 fully saturated rings. The fourth-order valence-corrected chi connectivity index (χ4v) is 2.48. The number of rotatable bonds is 0. The van der Waals surface area contributed by atoms with Crippen LogP contribution in [-0.4, -0.2) is 35.6 Å². The van der Waals surface area contributed by atoms with Crippen LogP contribution in [0, 0.1) is 0 Å². The molecule has 0 aromatic carbocycles. The zero-order chi connectivity index (χ0) is 7.42. The van der Waals surface area contributed by atoms with Gasteiger partial charge in [-0.05, 0) is 12.8 Å². The molecular weight excluding hydrogens is 144 g/mol. The van der Waals surface area contributed by atoms with Crippen molar-refractivity contribution in [1.82, 2.24) is 0 Å². The van der Waals surface area contributed by atoms with E-state index in [1.807, 2.05) is 0 Å². The third-order valence-corrected chi connectivity index (χ3v) is 3.08. The Bertz CT molecular complexity index is 174. The lowest BCUT2D eigenvalue weighted by molar-refractivity contribution is -0.127. The molecule has 3 aliphatic rings. The van der Waals surface area contributed by atoms with Gasteiger partial charge < -0.3 is 14.6 Å². The van der Waals surface area contributed by atoms with Gasteiger partial charge in [0.2, 0.25) is 0 Å². The standard InChI is InChI=1S/C8H12O3/c9-8-5-2-1-4-6(11-5)3-7(8)10-4/h4-9H,1-3H2. The molecule has 0 saturated carbocycles. The Morgan fingerprint density at radius 3 is 2.55 bits per heavy atom. The molecule has 3 bridgehead atoms. The number of aliphatic hydroxyl groups is 1. The Balaban J connectivity index is 1.95. The molecule has 1 N–H and O–H groups in total. The van der Waals surface area contributed by atoms with Crippen molar-refractivity contribution in [2.75, 3.05) is 0 Å². The molecule has 3 rings (SSSR count). The predicted molar refractivity (Wildman–Crippen MR) is 37.2 cm³/mol. The third-order valence-electron chi connectivity index (χ3n) is 3.08. The van der Waals surface area contributed by atoms with Crippen LogP contribution in [0.4, 0.5) is 0 Å². The summed E-state index contributed by atoms with van der Waals surface area (Å²) >= 11 is 0. The maximum Gasteiger partial charge on any atom is 0.106 e. The lowest BCUT2D eigenvalue weighted by Crippen LogP contribution is -2.46. The summed E-state index contributed by atoms with van der Waals surface area (Å²) in [6, 6.07) is 0. The van der Waals surface area contributed by atoms with Crippen molar-refractivity contribution in [2.45, 2.75) is 49.8 Å². The van der Waals surface area contributed by atoms with Crippen LogP contribution in [0.1, 0.15) is 19.3 Å². The van der Waals surface area contributed by atoms with Gasteiger partial charge in [-0.25, -0.2) is 0 Å². The third kappa shape index (κ3) is 0.736. The second-order valence-electron chi connectivity index (χ2n) is 3.73. The number of aliphatic hydroxyl groups excluding tert-OH is 1. The van der Waals surface area contributed by atoms with E-state index in [2.05, 4.69) is 0 Å². The zero-order valence-corrected chi connectivity index (χ0v) is 6.27. The average molecular weight is 156 g/mol. The first-order valence-electron chi connectivity index (χ1n) is 4.33. The number of fused-ring (bicyclic) bond motifs is 2. The predicted octanol–water partition coefficient (Wildman–Crippen LogP) is 0.0660. The first-order chi connectivity index (χ1) is 5.34. The molecule has 11 heavy (non-hydrogen) atoms. The van der Waals surface area contributed by atoms with Gasteiger partial charge in [0.25, 0.3) is 0 Å². The van der Waals surface area contributed by atoms with Gasteiger partial charge in [-0.15, -0.1) is 0 Å². The van der Waals surface area contributed by atoms with Crippen LogP contribution in [-0.2, 0) is 9.47 Å². The molecule has 5 unspecified atom stereocenters. The van der Waals surface area contributed by atoms with E-state index in [1.165, 1.54) is 0 Å². The highest BCUT2D eigenvalue weighted by molar-refractivity contribution is 4.99. The van der Waals surface area contributed by atoms with Gasteiger partial charge >= 0.3 is 0 Å². The maximum absolute atomic E-state index is 9.63. The van der Waals surface area contributed by atoms with Crippen LogP contribution in [0.15, 0.2) is 0 Å². The van der Waals surface area contributed by atoms with Crippen LogP contribution >= 0.6 is 0 Å². The highest BCUT2D eigenvalue weighted by Gasteiger charge is 2.51. The van der Waals surface area contributed by atoms with Gasteiger partial charge in [0, 0.05) is 6.42 Å². The van der Waals surface area contributed by atoms with Crippen molar-refractivity contribution in [1.29, 1.82) is 0 Å². The highest BCUT2D eigenvalue weighted by Crippen LogP contribution is 2.41. The van der Waals surface area contributed by atoms with Crippen molar-refractivity contribution in [3.8, 4) is 0 Å². The van der Waals surface area contributed by atoms with Crippen LogP contribution in [0.25, 0.3) is 0 Å². The maximum atomic E-state index is 9.63. The minimum Gasteiger partial charge on any atom is -0.388 e. The fourth-order valence-electron chi connectivity index (χ4n) is 2.48. The minimum absolute atomic E-state index is 0.0671. The molecule has 62 valence electrons. The quantitative estimate of drug-likeness (QED) is 0.539. The summed E-state index contributed by atoms with van der Waals surface area (Å²) in [5.41, 5.74) is 0. The molecule has 0 aromatic rings. The zero-order valence-electron chi connectivity index (χ0n) is 6.27. The molecular formula is C8H12O3. The summed E-state index contributed by atoms with van der Waals surface area (Å²) in [4.78, 5) is 0. The summed E-state index contributed by atoms with van der Waals surface area (Å²) in [6.45, 7) is 0. The summed E-state index contributed by atoms with van der Waals surface area (Å²) in [5.74, 6) is 0. The van der Waals surface area contributed by atoms with Crippen molar-refractivity contribution in [3.63, 3.8) is 0 Å². The molecule has 3 aliphatic heterocycles. The van der Waals surface area contributed by atoms with E-state index in [9.17, 15) is 5.11 Å². The molecule has 0 aliphatic carbocycles. The number of hydrogen-bond acceptors (Lipinski definition) is 3. The minimum atomic E-state index is -0.362. The molecule has 0 amide bonds. The topological polar surface area (TPSA) is 38.7 Å². The second kappa shape index (κ2) is 1.97.